The summed E-state index contributed by atoms with van der Waals surface area (Å²) in [6.07, 6.45) is 3.26. The third-order valence-electron chi connectivity index (χ3n) is 0.513. The molecular formula is C6H12N2. The summed E-state index contributed by atoms with van der Waals surface area (Å²) in [7, 11) is 0. The van der Waals surface area contributed by atoms with E-state index in [-0.39, 0.29) is 0 Å². The summed E-state index contributed by atoms with van der Waals surface area (Å²) < 4.78 is 0. The Labute approximate surface area is 50.3 Å². The SMILES string of the molecule is C=CC=NNC(C)C. The van der Waals surface area contributed by atoms with E-state index in [1.807, 2.05) is 13.8 Å². The van der Waals surface area contributed by atoms with Crippen LogP contribution in [0.15, 0.2) is 17.8 Å². The summed E-state index contributed by atoms with van der Waals surface area (Å²) in [6, 6.07) is 0.409. The zero-order chi connectivity index (χ0) is 6.41. The van der Waals surface area contributed by atoms with Crippen molar-refractivity contribution in [3.63, 3.8) is 0 Å². The molecule has 0 amide bonds. The van der Waals surface area contributed by atoms with Gasteiger partial charge in [-0.15, -0.1) is 0 Å². The van der Waals surface area contributed by atoms with E-state index < -0.39 is 0 Å². The van der Waals surface area contributed by atoms with Crippen LogP contribution in [0.2, 0.25) is 0 Å². The maximum Gasteiger partial charge on any atom is 0.0462 e. The summed E-state index contributed by atoms with van der Waals surface area (Å²) in [6.45, 7) is 7.52. The standard InChI is InChI=1S/C6H12N2/c1-4-5-7-8-6(2)3/h4-6,8H,1H2,2-3H3. The minimum atomic E-state index is 0.409. The van der Waals surface area contributed by atoms with Crippen LogP contribution in [0.5, 0.6) is 0 Å². The average molecular weight is 112 g/mol. The molecule has 0 bridgehead atoms. The molecule has 0 saturated heterocycles. The topological polar surface area (TPSA) is 24.4 Å². The van der Waals surface area contributed by atoms with Gasteiger partial charge in [-0.1, -0.05) is 6.58 Å². The lowest BCUT2D eigenvalue weighted by Crippen LogP contribution is -2.15. The van der Waals surface area contributed by atoms with Gasteiger partial charge in [0.25, 0.3) is 0 Å². The van der Waals surface area contributed by atoms with E-state index in [2.05, 4.69) is 17.1 Å². The minimum Gasteiger partial charge on any atom is -0.308 e. The Balaban J connectivity index is 3.15. The number of hydrazone groups is 1. The zero-order valence-electron chi connectivity index (χ0n) is 5.39. The van der Waals surface area contributed by atoms with Crippen molar-refractivity contribution in [1.29, 1.82) is 0 Å². The summed E-state index contributed by atoms with van der Waals surface area (Å²) in [5, 5.41) is 3.80. The first kappa shape index (κ1) is 7.21. The van der Waals surface area contributed by atoms with Crippen LogP contribution >= 0.6 is 0 Å². The fourth-order valence-electron chi connectivity index (χ4n) is 0.245. The van der Waals surface area contributed by atoms with Crippen molar-refractivity contribution in [3.8, 4) is 0 Å². The molecule has 0 heterocycles. The molecule has 0 atom stereocenters. The first-order valence-corrected chi connectivity index (χ1v) is 2.67. The van der Waals surface area contributed by atoms with Crippen LogP contribution in [-0.4, -0.2) is 12.3 Å². The van der Waals surface area contributed by atoms with Gasteiger partial charge in [-0.2, -0.15) is 5.10 Å². The quantitative estimate of drug-likeness (QED) is 0.430. The smallest absolute Gasteiger partial charge is 0.0462 e. The number of nitrogens with one attached hydrogen (secondary N) is 1. The molecule has 0 aliphatic rings. The molecule has 0 saturated carbocycles. The van der Waals surface area contributed by atoms with E-state index in [1.54, 1.807) is 12.3 Å². The summed E-state index contributed by atoms with van der Waals surface area (Å²) in [5.74, 6) is 0. The second-order valence-corrected chi connectivity index (χ2v) is 1.80. The van der Waals surface area contributed by atoms with Crippen LogP contribution in [0.25, 0.3) is 0 Å². The molecule has 1 N–H and O–H groups in total. The summed E-state index contributed by atoms with van der Waals surface area (Å²) in [4.78, 5) is 0. The highest BCUT2D eigenvalue weighted by Gasteiger charge is 1.81. The Bertz CT molecular complexity index is 84.5. The third-order valence-corrected chi connectivity index (χ3v) is 0.513. The Morgan fingerprint density at radius 3 is 2.62 bits per heavy atom. The van der Waals surface area contributed by atoms with E-state index in [4.69, 9.17) is 0 Å². The monoisotopic (exact) mass is 112 g/mol. The molecule has 2 heteroatoms. The molecule has 0 aromatic heterocycles. The van der Waals surface area contributed by atoms with Gasteiger partial charge in [0.2, 0.25) is 0 Å². The highest BCUT2D eigenvalue weighted by Crippen LogP contribution is 1.72. The highest BCUT2D eigenvalue weighted by atomic mass is 15.3. The molecule has 0 aliphatic carbocycles. The van der Waals surface area contributed by atoms with Crippen LogP contribution < -0.4 is 5.43 Å². The number of rotatable bonds is 3. The Morgan fingerprint density at radius 1 is 1.62 bits per heavy atom. The third kappa shape index (κ3) is 5.21. The minimum absolute atomic E-state index is 0.409. The van der Waals surface area contributed by atoms with Crippen molar-refractivity contribution < 1.29 is 0 Å². The molecule has 0 fully saturated rings. The fraction of sp³-hybridized carbons (Fsp3) is 0.500. The lowest BCUT2D eigenvalue weighted by molar-refractivity contribution is 0.623. The molecule has 2 nitrogen and oxygen atoms in total. The predicted octanol–water partition coefficient (Wildman–Crippen LogP) is 1.16. The predicted molar refractivity (Wildman–Crippen MR) is 37.0 cm³/mol. The second kappa shape index (κ2) is 4.37. The van der Waals surface area contributed by atoms with E-state index >= 15 is 0 Å². The molecular weight excluding hydrogens is 100 g/mol. The number of hydrogen-bond acceptors (Lipinski definition) is 2. The van der Waals surface area contributed by atoms with Gasteiger partial charge in [-0.25, -0.2) is 0 Å². The van der Waals surface area contributed by atoms with Crippen molar-refractivity contribution in [2.24, 2.45) is 5.10 Å². The number of allylic oxidation sites excluding steroid dienone is 1. The molecule has 0 spiro atoms. The summed E-state index contributed by atoms with van der Waals surface area (Å²) in [5.41, 5.74) is 2.84. The maximum atomic E-state index is 3.80. The fourth-order valence-corrected chi connectivity index (χ4v) is 0.245. The van der Waals surface area contributed by atoms with Crippen molar-refractivity contribution in [2.45, 2.75) is 19.9 Å². The lowest BCUT2D eigenvalue weighted by atomic mass is 10.4. The van der Waals surface area contributed by atoms with Crippen LogP contribution in [0.4, 0.5) is 0 Å². The van der Waals surface area contributed by atoms with Gasteiger partial charge >= 0.3 is 0 Å². The van der Waals surface area contributed by atoms with E-state index in [1.165, 1.54) is 0 Å². The number of nitrogens with zero attached hydrogens (tertiary/aromatic N) is 1. The Morgan fingerprint density at radius 2 is 2.25 bits per heavy atom. The van der Waals surface area contributed by atoms with E-state index in [0.717, 1.165) is 0 Å². The van der Waals surface area contributed by atoms with Crippen LogP contribution in [0.3, 0.4) is 0 Å². The van der Waals surface area contributed by atoms with Crippen molar-refractivity contribution in [1.82, 2.24) is 5.43 Å². The van der Waals surface area contributed by atoms with Crippen LogP contribution in [-0.2, 0) is 0 Å². The van der Waals surface area contributed by atoms with Gasteiger partial charge in [0.15, 0.2) is 0 Å². The van der Waals surface area contributed by atoms with Gasteiger partial charge in [-0.3, -0.25) is 0 Å². The van der Waals surface area contributed by atoms with Gasteiger partial charge in [0.1, 0.15) is 0 Å². The molecule has 0 aromatic carbocycles. The molecule has 0 aromatic rings. The van der Waals surface area contributed by atoms with Crippen LogP contribution in [0, 0.1) is 0 Å². The number of hydrogen-bond donors (Lipinski definition) is 1. The molecule has 0 rings (SSSR count). The maximum absolute atomic E-state index is 3.80. The average Bonchev–Trinajstić information content (AvgIpc) is 1.66. The molecule has 8 heavy (non-hydrogen) atoms. The van der Waals surface area contributed by atoms with Crippen molar-refractivity contribution in [2.75, 3.05) is 0 Å². The second-order valence-electron chi connectivity index (χ2n) is 1.80. The van der Waals surface area contributed by atoms with E-state index in [0.29, 0.717) is 6.04 Å². The van der Waals surface area contributed by atoms with Gasteiger partial charge in [0, 0.05) is 12.3 Å². The van der Waals surface area contributed by atoms with Crippen molar-refractivity contribution in [3.05, 3.63) is 12.7 Å². The molecule has 0 unspecified atom stereocenters. The lowest BCUT2D eigenvalue weighted by Gasteiger charge is -1.99. The Kier molecular flexibility index (Phi) is 3.94. The Hall–Kier alpha value is -0.790. The van der Waals surface area contributed by atoms with Gasteiger partial charge in [-0.05, 0) is 19.9 Å². The molecule has 46 valence electrons. The largest absolute Gasteiger partial charge is 0.308 e. The highest BCUT2D eigenvalue weighted by molar-refractivity contribution is 5.69. The van der Waals surface area contributed by atoms with Gasteiger partial charge in [0.05, 0.1) is 0 Å². The molecule has 0 radical (unpaired) electrons. The first-order valence-electron chi connectivity index (χ1n) is 2.67. The van der Waals surface area contributed by atoms with Crippen LogP contribution in [0.1, 0.15) is 13.8 Å². The van der Waals surface area contributed by atoms with Gasteiger partial charge < -0.3 is 5.43 Å². The molecule has 0 aliphatic heterocycles. The normalized spacial score (nSPS) is 10.4. The zero-order valence-corrected chi connectivity index (χ0v) is 5.39. The van der Waals surface area contributed by atoms with Crippen molar-refractivity contribution >= 4 is 6.21 Å². The summed E-state index contributed by atoms with van der Waals surface area (Å²) >= 11 is 0. The first-order chi connectivity index (χ1) is 3.77. The van der Waals surface area contributed by atoms with E-state index in [9.17, 15) is 0 Å².